The van der Waals surface area contributed by atoms with Crippen LogP contribution in [-0.4, -0.2) is 9.55 Å². The van der Waals surface area contributed by atoms with E-state index >= 15 is 0 Å². The van der Waals surface area contributed by atoms with Crippen molar-refractivity contribution in [2.75, 3.05) is 0 Å². The molecule has 88 valence electrons. The Morgan fingerprint density at radius 3 is 2.47 bits per heavy atom. The van der Waals surface area contributed by atoms with Crippen LogP contribution in [0.1, 0.15) is 17.0 Å². The van der Waals surface area contributed by atoms with Crippen LogP contribution in [0.15, 0.2) is 35.1 Å². The van der Waals surface area contributed by atoms with Crippen LogP contribution < -0.4 is 5.69 Å². The van der Waals surface area contributed by atoms with Crippen molar-refractivity contribution in [3.05, 3.63) is 61.3 Å². The van der Waals surface area contributed by atoms with Crippen molar-refractivity contribution in [1.82, 2.24) is 9.55 Å². The molecule has 1 aromatic carbocycles. The topological polar surface area (TPSA) is 34.9 Å². The first-order valence-corrected chi connectivity index (χ1v) is 6.43. The van der Waals surface area contributed by atoms with Gasteiger partial charge < -0.3 is 0 Å². The molecule has 0 amide bonds. The van der Waals surface area contributed by atoms with Crippen molar-refractivity contribution in [2.45, 2.75) is 20.4 Å². The van der Waals surface area contributed by atoms with E-state index in [1.165, 1.54) is 3.57 Å². The van der Waals surface area contributed by atoms with Crippen LogP contribution in [0.5, 0.6) is 0 Å². The minimum Gasteiger partial charge on any atom is -0.292 e. The van der Waals surface area contributed by atoms with Crippen LogP contribution in [0.3, 0.4) is 0 Å². The molecule has 2 rings (SSSR count). The monoisotopic (exact) mass is 340 g/mol. The number of hydrogen-bond donors (Lipinski definition) is 0. The maximum Gasteiger partial charge on any atom is 0.348 e. The van der Waals surface area contributed by atoms with Crippen molar-refractivity contribution >= 4 is 22.6 Å². The number of hydrogen-bond acceptors (Lipinski definition) is 2. The molecule has 2 aromatic rings. The summed E-state index contributed by atoms with van der Waals surface area (Å²) in [6.07, 6.45) is 0. The highest BCUT2D eigenvalue weighted by molar-refractivity contribution is 14.1. The molecule has 0 bridgehead atoms. The summed E-state index contributed by atoms with van der Waals surface area (Å²) in [7, 11) is 0. The normalized spacial score (nSPS) is 10.5. The second kappa shape index (κ2) is 5.00. The molecule has 0 aliphatic heterocycles. The molecule has 17 heavy (non-hydrogen) atoms. The van der Waals surface area contributed by atoms with Gasteiger partial charge in [0.2, 0.25) is 0 Å². The third-order valence-electron chi connectivity index (χ3n) is 2.60. The first kappa shape index (κ1) is 12.3. The maximum absolute atomic E-state index is 11.8. The van der Waals surface area contributed by atoms with Gasteiger partial charge in [-0.3, -0.25) is 4.57 Å². The van der Waals surface area contributed by atoms with E-state index in [9.17, 15) is 4.79 Å². The summed E-state index contributed by atoms with van der Waals surface area (Å²) >= 11 is 2.26. The summed E-state index contributed by atoms with van der Waals surface area (Å²) < 4.78 is 2.88. The van der Waals surface area contributed by atoms with E-state index in [0.717, 1.165) is 17.0 Å². The third kappa shape index (κ3) is 2.94. The Morgan fingerprint density at radius 1 is 1.24 bits per heavy atom. The van der Waals surface area contributed by atoms with Crippen LogP contribution in [0.4, 0.5) is 0 Å². The Kier molecular flexibility index (Phi) is 3.61. The van der Waals surface area contributed by atoms with E-state index in [1.54, 1.807) is 4.57 Å². The second-order valence-electron chi connectivity index (χ2n) is 4.03. The average Bonchev–Trinajstić information content (AvgIpc) is 2.26. The predicted molar refractivity (Wildman–Crippen MR) is 76.2 cm³/mol. The zero-order valence-corrected chi connectivity index (χ0v) is 11.9. The van der Waals surface area contributed by atoms with E-state index in [4.69, 9.17) is 0 Å². The molecule has 0 saturated carbocycles. The molecule has 1 heterocycles. The molecule has 0 saturated heterocycles. The standard InChI is InChI=1S/C13H13IN2O/c1-9-7-10(2)16(13(17)15-9)8-11-3-5-12(14)6-4-11/h3-7H,8H2,1-2H3. The molecule has 4 heteroatoms. The Labute approximate surface area is 114 Å². The van der Waals surface area contributed by atoms with Crippen molar-refractivity contribution < 1.29 is 0 Å². The summed E-state index contributed by atoms with van der Waals surface area (Å²) in [6, 6.07) is 10.1. The van der Waals surface area contributed by atoms with Gasteiger partial charge in [-0.05, 0) is 60.2 Å². The van der Waals surface area contributed by atoms with Gasteiger partial charge in [0.1, 0.15) is 0 Å². The van der Waals surface area contributed by atoms with Gasteiger partial charge in [-0.25, -0.2) is 4.79 Å². The van der Waals surface area contributed by atoms with Crippen LogP contribution >= 0.6 is 22.6 Å². The number of rotatable bonds is 2. The molecular formula is C13H13IN2O. The lowest BCUT2D eigenvalue weighted by molar-refractivity contribution is 0.694. The summed E-state index contributed by atoms with van der Waals surface area (Å²) in [4.78, 5) is 15.7. The largest absolute Gasteiger partial charge is 0.348 e. The molecule has 0 atom stereocenters. The highest BCUT2D eigenvalue weighted by Gasteiger charge is 2.03. The zero-order chi connectivity index (χ0) is 12.4. The molecule has 0 spiro atoms. The van der Waals surface area contributed by atoms with Gasteiger partial charge in [-0.15, -0.1) is 0 Å². The third-order valence-corrected chi connectivity index (χ3v) is 3.32. The quantitative estimate of drug-likeness (QED) is 0.788. The number of aryl methyl sites for hydroxylation is 2. The predicted octanol–water partition coefficient (Wildman–Crippen LogP) is 2.51. The minimum absolute atomic E-state index is 0.180. The van der Waals surface area contributed by atoms with Crippen LogP contribution in [0.2, 0.25) is 0 Å². The van der Waals surface area contributed by atoms with E-state index < -0.39 is 0 Å². The van der Waals surface area contributed by atoms with E-state index in [2.05, 4.69) is 27.6 Å². The van der Waals surface area contributed by atoms with Gasteiger partial charge in [0.25, 0.3) is 0 Å². The summed E-state index contributed by atoms with van der Waals surface area (Å²) in [5.41, 5.74) is 2.65. The lowest BCUT2D eigenvalue weighted by atomic mass is 10.2. The Bertz CT molecular complexity index is 587. The van der Waals surface area contributed by atoms with Gasteiger partial charge in [-0.1, -0.05) is 12.1 Å². The molecule has 0 fully saturated rings. The molecule has 0 aliphatic carbocycles. The molecular weight excluding hydrogens is 327 g/mol. The highest BCUT2D eigenvalue weighted by atomic mass is 127. The van der Waals surface area contributed by atoms with Gasteiger partial charge in [0, 0.05) is 15.0 Å². The number of nitrogens with zero attached hydrogens (tertiary/aromatic N) is 2. The molecule has 3 nitrogen and oxygen atoms in total. The molecule has 1 aromatic heterocycles. The Hall–Kier alpha value is -1.17. The van der Waals surface area contributed by atoms with Crippen LogP contribution in [0.25, 0.3) is 0 Å². The molecule has 0 aliphatic rings. The lowest BCUT2D eigenvalue weighted by Gasteiger charge is -2.09. The Morgan fingerprint density at radius 2 is 1.88 bits per heavy atom. The number of benzene rings is 1. The van der Waals surface area contributed by atoms with Crippen molar-refractivity contribution in [3.63, 3.8) is 0 Å². The van der Waals surface area contributed by atoms with Crippen LogP contribution in [-0.2, 0) is 6.54 Å². The van der Waals surface area contributed by atoms with E-state index in [-0.39, 0.29) is 5.69 Å². The fourth-order valence-corrected chi connectivity index (χ4v) is 2.10. The Balaban J connectivity index is 2.36. The van der Waals surface area contributed by atoms with Crippen molar-refractivity contribution in [1.29, 1.82) is 0 Å². The maximum atomic E-state index is 11.8. The molecule has 0 N–H and O–H groups in total. The minimum atomic E-state index is -0.180. The van der Waals surface area contributed by atoms with E-state index in [0.29, 0.717) is 6.54 Å². The first-order valence-electron chi connectivity index (χ1n) is 5.36. The van der Waals surface area contributed by atoms with Gasteiger partial charge in [0.05, 0.1) is 6.54 Å². The average molecular weight is 340 g/mol. The number of aromatic nitrogens is 2. The van der Waals surface area contributed by atoms with Crippen molar-refractivity contribution in [2.24, 2.45) is 0 Å². The van der Waals surface area contributed by atoms with E-state index in [1.807, 2.05) is 44.2 Å². The first-order chi connectivity index (χ1) is 8.06. The molecule has 0 radical (unpaired) electrons. The van der Waals surface area contributed by atoms with Crippen LogP contribution in [0, 0.1) is 17.4 Å². The fraction of sp³-hybridized carbons (Fsp3) is 0.231. The fourth-order valence-electron chi connectivity index (χ4n) is 1.74. The van der Waals surface area contributed by atoms with Gasteiger partial charge in [-0.2, -0.15) is 4.98 Å². The summed E-state index contributed by atoms with van der Waals surface area (Å²) in [5.74, 6) is 0. The zero-order valence-electron chi connectivity index (χ0n) is 9.77. The van der Waals surface area contributed by atoms with Gasteiger partial charge >= 0.3 is 5.69 Å². The molecule has 0 unspecified atom stereocenters. The SMILES string of the molecule is Cc1cc(C)n(Cc2ccc(I)cc2)c(=O)n1. The summed E-state index contributed by atoms with van der Waals surface area (Å²) in [6.45, 7) is 4.35. The summed E-state index contributed by atoms with van der Waals surface area (Å²) in [5, 5.41) is 0. The second-order valence-corrected chi connectivity index (χ2v) is 5.28. The highest BCUT2D eigenvalue weighted by Crippen LogP contribution is 2.08. The van der Waals surface area contributed by atoms with Gasteiger partial charge in [0.15, 0.2) is 0 Å². The number of halogens is 1. The smallest absolute Gasteiger partial charge is 0.292 e. The van der Waals surface area contributed by atoms with Crippen molar-refractivity contribution in [3.8, 4) is 0 Å². The lowest BCUT2D eigenvalue weighted by Crippen LogP contribution is -2.26.